The van der Waals surface area contributed by atoms with Crippen molar-refractivity contribution in [3.05, 3.63) is 35.8 Å². The molecule has 1 unspecified atom stereocenters. The lowest BCUT2D eigenvalue weighted by Gasteiger charge is -2.10. The summed E-state index contributed by atoms with van der Waals surface area (Å²) in [7, 11) is 1.42. The number of ether oxygens (including phenoxy) is 1. The van der Waals surface area contributed by atoms with Crippen LogP contribution in [-0.4, -0.2) is 23.2 Å². The van der Waals surface area contributed by atoms with E-state index in [0.29, 0.717) is 22.7 Å². The van der Waals surface area contributed by atoms with E-state index in [9.17, 15) is 9.18 Å². The average Bonchev–Trinajstić information content (AvgIpc) is 3.25. The maximum Gasteiger partial charge on any atom is 0.165 e. The molecular weight excluding hydrogens is 271 g/mol. The third-order valence-corrected chi connectivity index (χ3v) is 4.03. The molecule has 1 heterocycles. The number of hydrogen-bond donors (Lipinski definition) is 0. The maximum atomic E-state index is 13.8. The number of rotatable bonds is 5. The van der Waals surface area contributed by atoms with Crippen LogP contribution in [0, 0.1) is 11.7 Å². The summed E-state index contributed by atoms with van der Waals surface area (Å²) in [5.41, 5.74) is 1.57. The molecule has 3 rings (SSSR count). The Morgan fingerprint density at radius 1 is 1.48 bits per heavy atom. The van der Waals surface area contributed by atoms with Crippen LogP contribution in [0.15, 0.2) is 24.4 Å². The summed E-state index contributed by atoms with van der Waals surface area (Å²) in [6.07, 6.45) is 4.90. The molecule has 0 amide bonds. The molecule has 0 spiro atoms. The molecule has 1 aliphatic carbocycles. The Kier molecular flexibility index (Phi) is 3.49. The van der Waals surface area contributed by atoms with E-state index in [0.717, 1.165) is 6.29 Å². The smallest absolute Gasteiger partial charge is 0.165 e. The number of methoxy groups -OCH3 is 1. The van der Waals surface area contributed by atoms with Crippen molar-refractivity contribution in [2.24, 2.45) is 5.92 Å². The molecule has 0 aliphatic heterocycles. The quantitative estimate of drug-likeness (QED) is 0.791. The largest absolute Gasteiger partial charge is 0.494 e. The highest BCUT2D eigenvalue weighted by atomic mass is 19.1. The molecule has 4 nitrogen and oxygen atoms in total. The van der Waals surface area contributed by atoms with Crippen molar-refractivity contribution in [3.63, 3.8) is 0 Å². The van der Waals surface area contributed by atoms with Gasteiger partial charge in [0.2, 0.25) is 0 Å². The van der Waals surface area contributed by atoms with E-state index in [4.69, 9.17) is 4.74 Å². The van der Waals surface area contributed by atoms with Crippen LogP contribution in [0.3, 0.4) is 0 Å². The number of hydrogen-bond acceptors (Lipinski definition) is 3. The topological polar surface area (TPSA) is 44.1 Å². The fourth-order valence-electron chi connectivity index (χ4n) is 2.53. The highest BCUT2D eigenvalue weighted by Crippen LogP contribution is 2.39. The van der Waals surface area contributed by atoms with Gasteiger partial charge >= 0.3 is 0 Å². The van der Waals surface area contributed by atoms with Crippen molar-refractivity contribution in [1.29, 1.82) is 0 Å². The first kappa shape index (κ1) is 13.8. The minimum absolute atomic E-state index is 0.178. The lowest BCUT2D eigenvalue weighted by Crippen LogP contribution is -2.07. The van der Waals surface area contributed by atoms with Crippen molar-refractivity contribution in [2.75, 3.05) is 7.11 Å². The number of benzene rings is 1. The van der Waals surface area contributed by atoms with Gasteiger partial charge in [-0.1, -0.05) is 0 Å². The molecule has 0 saturated heterocycles. The third-order valence-electron chi connectivity index (χ3n) is 4.03. The fourth-order valence-corrected chi connectivity index (χ4v) is 2.53. The van der Waals surface area contributed by atoms with E-state index in [1.54, 1.807) is 18.3 Å². The van der Waals surface area contributed by atoms with Crippen LogP contribution in [0.1, 0.15) is 36.2 Å². The van der Waals surface area contributed by atoms with Crippen LogP contribution in [0.5, 0.6) is 5.75 Å². The highest BCUT2D eigenvalue weighted by molar-refractivity contribution is 5.85. The second-order valence-electron chi connectivity index (χ2n) is 5.46. The van der Waals surface area contributed by atoms with Gasteiger partial charge in [0.25, 0.3) is 0 Å². The molecule has 2 aromatic rings. The molecule has 0 N–H and O–H groups in total. The Balaban J connectivity index is 2.00. The number of halogens is 1. The first-order chi connectivity index (χ1) is 10.1. The molecule has 0 bridgehead atoms. The van der Waals surface area contributed by atoms with E-state index in [1.807, 2.05) is 4.68 Å². The van der Waals surface area contributed by atoms with Crippen molar-refractivity contribution in [2.45, 2.75) is 25.8 Å². The maximum absolute atomic E-state index is 13.8. The van der Waals surface area contributed by atoms with Gasteiger partial charge in [0.1, 0.15) is 5.69 Å². The summed E-state index contributed by atoms with van der Waals surface area (Å²) >= 11 is 0. The van der Waals surface area contributed by atoms with Crippen LogP contribution in [-0.2, 0) is 0 Å². The molecule has 1 atom stereocenters. The van der Waals surface area contributed by atoms with Crippen molar-refractivity contribution in [1.82, 2.24) is 9.78 Å². The second kappa shape index (κ2) is 5.31. The second-order valence-corrected chi connectivity index (χ2v) is 5.46. The Labute approximate surface area is 122 Å². The van der Waals surface area contributed by atoms with Gasteiger partial charge in [-0.3, -0.25) is 9.48 Å². The highest BCUT2D eigenvalue weighted by Gasteiger charge is 2.30. The minimum atomic E-state index is -0.461. The predicted octanol–water partition coefficient (Wildman–Crippen LogP) is 3.48. The third kappa shape index (κ3) is 2.55. The molecule has 1 aromatic carbocycles. The van der Waals surface area contributed by atoms with Gasteiger partial charge in [-0.25, -0.2) is 4.39 Å². The molecule has 21 heavy (non-hydrogen) atoms. The molecule has 1 aliphatic rings. The fraction of sp³-hybridized carbons (Fsp3) is 0.375. The van der Waals surface area contributed by atoms with Gasteiger partial charge in [0, 0.05) is 11.8 Å². The minimum Gasteiger partial charge on any atom is -0.494 e. The standard InChI is InChI=1S/C16H17FN2O2/c1-10(11-3-4-11)19-8-13(9-20)16(18-19)12-5-6-15(21-2)14(17)7-12/h5-11H,3-4H2,1-2H3. The van der Waals surface area contributed by atoms with Gasteiger partial charge in [-0.15, -0.1) is 0 Å². The van der Waals surface area contributed by atoms with E-state index >= 15 is 0 Å². The molecule has 1 saturated carbocycles. The van der Waals surface area contributed by atoms with Crippen LogP contribution in [0.2, 0.25) is 0 Å². The molecule has 1 aromatic heterocycles. The summed E-state index contributed by atoms with van der Waals surface area (Å²) in [6, 6.07) is 4.87. The molecule has 5 heteroatoms. The summed E-state index contributed by atoms with van der Waals surface area (Å²) in [5.74, 6) is 0.346. The number of carbonyl (C=O) groups is 1. The van der Waals surface area contributed by atoms with Gasteiger partial charge in [0.15, 0.2) is 17.9 Å². The Hall–Kier alpha value is -2.17. The van der Waals surface area contributed by atoms with E-state index in [1.165, 1.54) is 26.0 Å². The van der Waals surface area contributed by atoms with Crippen LogP contribution in [0.4, 0.5) is 4.39 Å². The van der Waals surface area contributed by atoms with Gasteiger partial charge in [-0.2, -0.15) is 5.10 Å². The number of nitrogens with zero attached hydrogens (tertiary/aromatic N) is 2. The van der Waals surface area contributed by atoms with Crippen molar-refractivity contribution in [3.8, 4) is 17.0 Å². The number of aldehydes is 1. The van der Waals surface area contributed by atoms with Crippen LogP contribution >= 0.6 is 0 Å². The summed E-state index contributed by atoms with van der Waals surface area (Å²) in [6.45, 7) is 2.09. The molecule has 1 fully saturated rings. The zero-order chi connectivity index (χ0) is 15.0. The SMILES string of the molecule is COc1ccc(-c2nn(C(C)C3CC3)cc2C=O)cc1F. The monoisotopic (exact) mass is 288 g/mol. The first-order valence-corrected chi connectivity index (χ1v) is 7.02. The van der Waals surface area contributed by atoms with Crippen LogP contribution in [0.25, 0.3) is 11.3 Å². The van der Waals surface area contributed by atoms with Crippen LogP contribution < -0.4 is 4.74 Å². The number of carbonyl (C=O) groups excluding carboxylic acids is 1. The summed E-state index contributed by atoms with van der Waals surface area (Å²) in [5, 5.41) is 4.49. The van der Waals surface area contributed by atoms with Crippen molar-refractivity contribution < 1.29 is 13.9 Å². The van der Waals surface area contributed by atoms with Gasteiger partial charge < -0.3 is 4.74 Å². The number of aromatic nitrogens is 2. The Bertz CT molecular complexity index is 677. The summed E-state index contributed by atoms with van der Waals surface area (Å²) in [4.78, 5) is 11.3. The zero-order valence-corrected chi connectivity index (χ0v) is 12.0. The van der Waals surface area contributed by atoms with E-state index in [2.05, 4.69) is 12.0 Å². The average molecular weight is 288 g/mol. The van der Waals surface area contributed by atoms with E-state index < -0.39 is 5.82 Å². The lowest BCUT2D eigenvalue weighted by molar-refractivity contribution is 0.112. The molecule has 0 radical (unpaired) electrons. The first-order valence-electron chi connectivity index (χ1n) is 7.02. The summed E-state index contributed by atoms with van der Waals surface area (Å²) < 4.78 is 20.6. The van der Waals surface area contributed by atoms with E-state index in [-0.39, 0.29) is 11.8 Å². The molecule has 110 valence electrons. The van der Waals surface area contributed by atoms with Gasteiger partial charge in [-0.05, 0) is 43.9 Å². The lowest BCUT2D eigenvalue weighted by atomic mass is 10.1. The van der Waals surface area contributed by atoms with Gasteiger partial charge in [0.05, 0.1) is 18.7 Å². The molecular formula is C16H17FN2O2. The van der Waals surface area contributed by atoms with Crippen molar-refractivity contribution >= 4 is 6.29 Å². The Morgan fingerprint density at radius 3 is 2.81 bits per heavy atom. The predicted molar refractivity (Wildman–Crippen MR) is 77.0 cm³/mol. The Morgan fingerprint density at radius 2 is 2.24 bits per heavy atom. The normalized spacial score (nSPS) is 15.8. The zero-order valence-electron chi connectivity index (χ0n) is 12.0.